The fraction of sp³-hybridized carbons (Fsp3) is 0.818. The van der Waals surface area contributed by atoms with Crippen molar-refractivity contribution in [3.8, 4) is 11.8 Å². The Kier molecular flexibility index (Phi) is 9.15. The van der Waals surface area contributed by atoms with Crippen molar-refractivity contribution in [2.75, 3.05) is 20.2 Å². The van der Waals surface area contributed by atoms with Gasteiger partial charge in [-0.2, -0.15) is 0 Å². The molecule has 0 aromatic carbocycles. The van der Waals surface area contributed by atoms with Crippen molar-refractivity contribution < 1.29 is 4.74 Å². The normalized spacial score (nSPS) is 14.5. The van der Waals surface area contributed by atoms with Crippen LogP contribution in [0.4, 0.5) is 0 Å². The molecule has 0 heterocycles. The summed E-state index contributed by atoms with van der Waals surface area (Å²) >= 11 is 0. The number of allylic oxidation sites excluding steroid dienone is 1. The molecule has 0 aliphatic rings. The summed E-state index contributed by atoms with van der Waals surface area (Å²) in [5.41, 5.74) is 0.612. The van der Waals surface area contributed by atoms with Gasteiger partial charge in [0.1, 0.15) is 0 Å². The Hall–Kier alpha value is -0.940. The van der Waals surface area contributed by atoms with Crippen molar-refractivity contribution in [1.29, 1.82) is 0 Å². The maximum absolute atomic E-state index is 6.12. The fourth-order valence-corrected chi connectivity index (χ4v) is 3.07. The Labute approximate surface area is 152 Å². The van der Waals surface area contributed by atoms with Crippen LogP contribution in [-0.2, 0) is 4.74 Å². The minimum Gasteiger partial charge on any atom is -0.371 e. The Balaban J connectivity index is 5.82. The average molecular weight is 336 g/mol. The summed E-state index contributed by atoms with van der Waals surface area (Å²) in [6, 6.07) is 0. The van der Waals surface area contributed by atoms with Crippen LogP contribution in [0.25, 0.3) is 0 Å². The second kappa shape index (κ2) is 9.52. The number of methoxy groups -OCH3 is 1. The lowest BCUT2D eigenvalue weighted by Crippen LogP contribution is -2.55. The number of ether oxygens (including phenoxy) is 1. The third kappa shape index (κ3) is 5.85. The highest BCUT2D eigenvalue weighted by molar-refractivity contribution is 5.22. The lowest BCUT2D eigenvalue weighted by atomic mass is 9.67. The van der Waals surface area contributed by atoms with Gasteiger partial charge in [-0.25, -0.2) is 0 Å². The highest BCUT2D eigenvalue weighted by atomic mass is 16.5. The van der Waals surface area contributed by atoms with E-state index in [1.54, 1.807) is 7.11 Å². The molecule has 0 aliphatic heterocycles. The molecule has 2 nitrogen and oxygen atoms in total. The Morgan fingerprint density at radius 3 is 1.96 bits per heavy atom. The number of nitrogens with zero attached hydrogens (tertiary/aromatic N) is 1. The topological polar surface area (TPSA) is 12.5 Å². The maximum Gasteiger partial charge on any atom is 0.150 e. The van der Waals surface area contributed by atoms with Gasteiger partial charge in [0.15, 0.2) is 5.60 Å². The highest BCUT2D eigenvalue weighted by Crippen LogP contribution is 2.41. The number of hydrogen-bond acceptors (Lipinski definition) is 2. The van der Waals surface area contributed by atoms with Crippen molar-refractivity contribution >= 4 is 0 Å². The molecule has 0 spiro atoms. The lowest BCUT2D eigenvalue weighted by Gasteiger charge is -2.48. The molecule has 140 valence electrons. The van der Waals surface area contributed by atoms with Gasteiger partial charge in [0.2, 0.25) is 0 Å². The molecular weight excluding hydrogens is 294 g/mol. The molecule has 2 heteroatoms. The second-order valence-corrected chi connectivity index (χ2v) is 8.72. The van der Waals surface area contributed by atoms with Gasteiger partial charge in [-0.15, -0.1) is 5.92 Å². The Bertz CT molecular complexity index is 450. The van der Waals surface area contributed by atoms with Crippen LogP contribution in [0.3, 0.4) is 0 Å². The quantitative estimate of drug-likeness (QED) is 0.482. The third-order valence-electron chi connectivity index (χ3n) is 5.25. The SMILES string of the molecule is C=C(CC(C)C)N(CC(C)C)CC(C#CC)(OC)C(C)(C)C(C)C. The van der Waals surface area contributed by atoms with E-state index in [2.05, 4.69) is 78.7 Å². The zero-order valence-electron chi connectivity index (χ0n) is 17.9. The van der Waals surface area contributed by atoms with Crippen molar-refractivity contribution in [3.05, 3.63) is 12.3 Å². The Morgan fingerprint density at radius 1 is 1.08 bits per heavy atom. The van der Waals surface area contributed by atoms with Crippen LogP contribution in [0.2, 0.25) is 0 Å². The molecule has 0 aromatic rings. The predicted molar refractivity (Wildman–Crippen MR) is 107 cm³/mol. The van der Waals surface area contributed by atoms with E-state index in [1.807, 2.05) is 6.92 Å². The minimum absolute atomic E-state index is 0.0713. The smallest absolute Gasteiger partial charge is 0.150 e. The van der Waals surface area contributed by atoms with Gasteiger partial charge < -0.3 is 9.64 Å². The average Bonchev–Trinajstić information content (AvgIpc) is 2.44. The summed E-state index contributed by atoms with van der Waals surface area (Å²) in [5, 5.41) is 0. The first-order valence-corrected chi connectivity index (χ1v) is 9.35. The second-order valence-electron chi connectivity index (χ2n) is 8.72. The fourth-order valence-electron chi connectivity index (χ4n) is 3.07. The molecule has 0 rings (SSSR count). The van der Waals surface area contributed by atoms with Gasteiger partial charge in [0, 0.05) is 24.8 Å². The van der Waals surface area contributed by atoms with Crippen molar-refractivity contribution in [3.63, 3.8) is 0 Å². The molecule has 0 saturated carbocycles. The summed E-state index contributed by atoms with van der Waals surface area (Å²) in [6.45, 7) is 26.1. The van der Waals surface area contributed by atoms with E-state index in [0.29, 0.717) is 17.8 Å². The molecule has 0 aliphatic carbocycles. The number of rotatable bonds is 10. The first-order valence-electron chi connectivity index (χ1n) is 9.35. The van der Waals surface area contributed by atoms with E-state index in [4.69, 9.17) is 4.74 Å². The van der Waals surface area contributed by atoms with Gasteiger partial charge in [-0.05, 0) is 31.1 Å². The van der Waals surface area contributed by atoms with E-state index < -0.39 is 5.60 Å². The molecular formula is C22H41NO. The van der Waals surface area contributed by atoms with E-state index in [1.165, 1.54) is 5.70 Å². The molecule has 0 N–H and O–H groups in total. The van der Waals surface area contributed by atoms with Crippen molar-refractivity contribution in [2.24, 2.45) is 23.2 Å². The highest BCUT2D eigenvalue weighted by Gasteiger charge is 2.47. The summed E-state index contributed by atoms with van der Waals surface area (Å²) in [6.07, 6.45) is 1.01. The molecule has 0 fully saturated rings. The molecule has 0 radical (unpaired) electrons. The van der Waals surface area contributed by atoms with Crippen LogP contribution in [0.15, 0.2) is 12.3 Å². The van der Waals surface area contributed by atoms with Gasteiger partial charge >= 0.3 is 0 Å². The molecule has 0 saturated heterocycles. The minimum atomic E-state index is -0.509. The third-order valence-corrected chi connectivity index (χ3v) is 5.25. The first kappa shape index (κ1) is 23.1. The molecule has 1 atom stereocenters. The van der Waals surface area contributed by atoms with Gasteiger partial charge in [-0.3, -0.25) is 0 Å². The van der Waals surface area contributed by atoms with Crippen LogP contribution in [0.5, 0.6) is 0 Å². The van der Waals surface area contributed by atoms with Crippen molar-refractivity contribution in [2.45, 2.75) is 74.3 Å². The predicted octanol–water partition coefficient (Wildman–Crippen LogP) is 5.59. The molecule has 24 heavy (non-hydrogen) atoms. The van der Waals surface area contributed by atoms with Gasteiger partial charge in [-0.1, -0.05) is 67.9 Å². The molecule has 1 unspecified atom stereocenters. The van der Waals surface area contributed by atoms with Crippen LogP contribution >= 0.6 is 0 Å². The first-order chi connectivity index (χ1) is 10.9. The summed E-state index contributed by atoms with van der Waals surface area (Å²) in [5.74, 6) is 8.17. The maximum atomic E-state index is 6.12. The van der Waals surface area contributed by atoms with E-state index in [9.17, 15) is 0 Å². The van der Waals surface area contributed by atoms with Gasteiger partial charge in [0.25, 0.3) is 0 Å². The zero-order chi connectivity index (χ0) is 19.1. The monoisotopic (exact) mass is 335 g/mol. The summed E-state index contributed by atoms with van der Waals surface area (Å²) in [7, 11) is 1.80. The van der Waals surface area contributed by atoms with Crippen LogP contribution in [0, 0.1) is 35.0 Å². The summed E-state index contributed by atoms with van der Waals surface area (Å²) < 4.78 is 6.12. The van der Waals surface area contributed by atoms with E-state index >= 15 is 0 Å². The molecule has 0 aromatic heterocycles. The van der Waals surface area contributed by atoms with Crippen LogP contribution in [0.1, 0.15) is 68.7 Å². The Morgan fingerprint density at radius 2 is 1.62 bits per heavy atom. The molecule has 0 bridgehead atoms. The number of hydrogen-bond donors (Lipinski definition) is 0. The van der Waals surface area contributed by atoms with Gasteiger partial charge in [0.05, 0.1) is 6.54 Å². The van der Waals surface area contributed by atoms with Crippen LogP contribution in [-0.4, -0.2) is 30.7 Å². The van der Waals surface area contributed by atoms with Crippen molar-refractivity contribution in [1.82, 2.24) is 4.90 Å². The zero-order valence-corrected chi connectivity index (χ0v) is 17.9. The van der Waals surface area contributed by atoms with E-state index in [-0.39, 0.29) is 5.41 Å². The van der Waals surface area contributed by atoms with Crippen LogP contribution < -0.4 is 0 Å². The largest absolute Gasteiger partial charge is 0.371 e. The van der Waals surface area contributed by atoms with E-state index in [0.717, 1.165) is 19.5 Å². The standard InChI is InChI=1S/C22H41NO/c1-12-13-22(24-11,21(9,10)19(6)7)16-23(15-18(4)5)20(8)14-17(2)3/h17-19H,8,14-16H2,1-7,9-11H3. The molecule has 0 amide bonds. The summed E-state index contributed by atoms with van der Waals surface area (Å²) in [4.78, 5) is 2.41. The lowest BCUT2D eigenvalue weighted by molar-refractivity contribution is -0.0897.